The van der Waals surface area contributed by atoms with Gasteiger partial charge in [-0.25, -0.2) is 4.90 Å². The summed E-state index contributed by atoms with van der Waals surface area (Å²) in [6, 6.07) is 16.7. The molecule has 2 amide bonds. The lowest BCUT2D eigenvalue weighted by Gasteiger charge is -2.28. The van der Waals surface area contributed by atoms with Crippen molar-refractivity contribution in [2.45, 2.75) is 12.8 Å². The van der Waals surface area contributed by atoms with Crippen LogP contribution in [-0.2, 0) is 0 Å². The van der Waals surface area contributed by atoms with E-state index in [1.807, 2.05) is 36.4 Å². The highest BCUT2D eigenvalue weighted by molar-refractivity contribution is 9.10. The lowest BCUT2D eigenvalue weighted by atomic mass is 9.92. The second-order valence-electron chi connectivity index (χ2n) is 7.14. The van der Waals surface area contributed by atoms with Crippen molar-refractivity contribution in [3.05, 3.63) is 70.2 Å². The van der Waals surface area contributed by atoms with Crippen LogP contribution in [0.15, 0.2) is 59.1 Å². The van der Waals surface area contributed by atoms with E-state index in [4.69, 9.17) is 0 Å². The Morgan fingerprint density at radius 2 is 1.70 bits per heavy atom. The number of nitrogens with one attached hydrogen (secondary N) is 1. The minimum atomic E-state index is -0.282. The van der Waals surface area contributed by atoms with Gasteiger partial charge in [0.2, 0.25) is 0 Å². The summed E-state index contributed by atoms with van der Waals surface area (Å²) in [5.74, 6) is 0.178. The molecule has 0 aromatic heterocycles. The number of rotatable bonds is 4. The minimum Gasteiger partial charge on any atom is -0.384 e. The van der Waals surface area contributed by atoms with Gasteiger partial charge in [0, 0.05) is 38.6 Å². The molecule has 0 unspecified atom stereocenters. The second-order valence-corrected chi connectivity index (χ2v) is 8.05. The monoisotopic (exact) mass is 420 g/mol. The van der Waals surface area contributed by atoms with Crippen LogP contribution < -0.4 is 10.2 Å². The van der Waals surface area contributed by atoms with E-state index in [-0.39, 0.29) is 11.8 Å². The van der Waals surface area contributed by atoms with Crippen molar-refractivity contribution in [1.29, 1.82) is 0 Å². The smallest absolute Gasteiger partial charge is 0.265 e. The highest BCUT2D eigenvalue weighted by atomic mass is 79.9. The molecule has 0 atom stereocenters. The maximum absolute atomic E-state index is 13.2. The molecule has 3 aromatic rings. The summed E-state index contributed by atoms with van der Waals surface area (Å²) < 4.78 is 0.823. The summed E-state index contributed by atoms with van der Waals surface area (Å²) in [6.45, 7) is 0.935. The topological polar surface area (TPSA) is 49.4 Å². The number of hydrogen-bond donors (Lipinski definition) is 1. The van der Waals surface area contributed by atoms with Crippen molar-refractivity contribution >= 4 is 49.9 Å². The maximum Gasteiger partial charge on any atom is 0.265 e. The van der Waals surface area contributed by atoms with E-state index in [0.29, 0.717) is 16.8 Å². The van der Waals surface area contributed by atoms with Crippen molar-refractivity contribution in [2.75, 3.05) is 16.8 Å². The van der Waals surface area contributed by atoms with E-state index >= 15 is 0 Å². The van der Waals surface area contributed by atoms with Crippen LogP contribution in [0.5, 0.6) is 0 Å². The van der Waals surface area contributed by atoms with Crippen LogP contribution in [0.1, 0.15) is 33.6 Å². The van der Waals surface area contributed by atoms with Crippen molar-refractivity contribution in [1.82, 2.24) is 0 Å². The fourth-order valence-corrected chi connectivity index (χ4v) is 4.06. The Balaban J connectivity index is 1.64. The first-order valence-electron chi connectivity index (χ1n) is 9.07. The van der Waals surface area contributed by atoms with Gasteiger partial charge in [0.15, 0.2) is 0 Å². The average Bonchev–Trinajstić information content (AvgIpc) is 3.49. The van der Waals surface area contributed by atoms with Gasteiger partial charge < -0.3 is 5.32 Å². The number of carbonyl (C=O) groups is 2. The highest BCUT2D eigenvalue weighted by Crippen LogP contribution is 2.37. The fourth-order valence-electron chi connectivity index (χ4n) is 3.68. The Labute approximate surface area is 165 Å². The average molecular weight is 421 g/mol. The van der Waals surface area contributed by atoms with Crippen LogP contribution in [0.4, 0.5) is 11.4 Å². The Hall–Kier alpha value is -2.66. The van der Waals surface area contributed by atoms with Gasteiger partial charge in [-0.05, 0) is 55.2 Å². The van der Waals surface area contributed by atoms with Crippen molar-refractivity contribution in [3.8, 4) is 0 Å². The van der Waals surface area contributed by atoms with Crippen LogP contribution in [-0.4, -0.2) is 18.4 Å². The Morgan fingerprint density at radius 1 is 0.963 bits per heavy atom. The van der Waals surface area contributed by atoms with Gasteiger partial charge in [-0.1, -0.05) is 34.1 Å². The molecule has 0 radical (unpaired) electrons. The van der Waals surface area contributed by atoms with Gasteiger partial charge >= 0.3 is 0 Å². The summed E-state index contributed by atoms with van der Waals surface area (Å²) >= 11 is 3.42. The van der Waals surface area contributed by atoms with Gasteiger partial charge in [0.1, 0.15) is 0 Å². The number of hydrogen-bond acceptors (Lipinski definition) is 3. The summed E-state index contributed by atoms with van der Waals surface area (Å²) in [5, 5.41) is 5.17. The number of carbonyl (C=O) groups excluding carboxylic acids is 2. The normalized spacial score (nSPS) is 16.1. The minimum absolute atomic E-state index is 0.282. The van der Waals surface area contributed by atoms with E-state index in [1.54, 1.807) is 18.2 Å². The SMILES string of the molecule is O=C1c2cccc3c(NCC4CC4)ccc(c23)C(=O)N1c1cccc(Br)c1. The van der Waals surface area contributed by atoms with Crippen LogP contribution in [0.25, 0.3) is 10.8 Å². The molecular weight excluding hydrogens is 404 g/mol. The van der Waals surface area contributed by atoms with Crippen LogP contribution in [0, 0.1) is 5.92 Å². The van der Waals surface area contributed by atoms with Gasteiger partial charge in [-0.15, -0.1) is 0 Å². The quantitative estimate of drug-likeness (QED) is 0.588. The molecular formula is C22H17BrN2O2. The summed E-state index contributed by atoms with van der Waals surface area (Å²) in [6.07, 6.45) is 2.54. The first-order valence-corrected chi connectivity index (χ1v) is 9.87. The number of anilines is 2. The molecule has 1 fully saturated rings. The number of imide groups is 1. The van der Waals surface area contributed by atoms with E-state index < -0.39 is 0 Å². The van der Waals surface area contributed by atoms with Gasteiger partial charge in [0.25, 0.3) is 11.8 Å². The third kappa shape index (κ3) is 2.73. The molecule has 0 spiro atoms. The molecule has 1 saturated carbocycles. The van der Waals surface area contributed by atoms with E-state index in [9.17, 15) is 9.59 Å². The van der Waals surface area contributed by atoms with Crippen LogP contribution in [0.2, 0.25) is 0 Å². The third-order valence-corrected chi connectivity index (χ3v) is 5.75. The lowest BCUT2D eigenvalue weighted by Crippen LogP contribution is -2.40. The van der Waals surface area contributed by atoms with Crippen molar-refractivity contribution in [2.24, 2.45) is 5.92 Å². The lowest BCUT2D eigenvalue weighted by molar-refractivity contribution is 0.0893. The molecule has 3 aromatic carbocycles. The maximum atomic E-state index is 13.2. The Bertz CT molecular complexity index is 1080. The van der Waals surface area contributed by atoms with Crippen LogP contribution in [0.3, 0.4) is 0 Å². The van der Waals surface area contributed by atoms with E-state index in [1.165, 1.54) is 17.7 Å². The summed E-state index contributed by atoms with van der Waals surface area (Å²) in [4.78, 5) is 27.6. The predicted octanol–water partition coefficient (Wildman–Crippen LogP) is 5.22. The zero-order valence-corrected chi connectivity index (χ0v) is 16.1. The highest BCUT2D eigenvalue weighted by Gasteiger charge is 2.34. The zero-order chi connectivity index (χ0) is 18.5. The molecule has 1 heterocycles. The summed E-state index contributed by atoms with van der Waals surface area (Å²) in [7, 11) is 0. The standard InChI is InChI=1S/C22H17BrN2O2/c23-14-3-1-4-15(11-14)25-21(26)17-6-2-5-16-19(24-12-13-7-8-13)10-9-18(20(16)17)22(25)27/h1-6,9-11,13,24H,7-8,12H2. The number of nitrogens with zero attached hydrogens (tertiary/aromatic N) is 1. The molecule has 134 valence electrons. The van der Waals surface area contributed by atoms with E-state index in [2.05, 4.69) is 21.2 Å². The van der Waals surface area contributed by atoms with Crippen molar-refractivity contribution in [3.63, 3.8) is 0 Å². The fraction of sp³-hybridized carbons (Fsp3) is 0.182. The van der Waals surface area contributed by atoms with Gasteiger partial charge in [-0.2, -0.15) is 0 Å². The second kappa shape index (κ2) is 6.20. The zero-order valence-electron chi connectivity index (χ0n) is 14.5. The molecule has 1 aliphatic heterocycles. The first kappa shape index (κ1) is 16.5. The predicted molar refractivity (Wildman–Crippen MR) is 110 cm³/mol. The molecule has 0 saturated heterocycles. The van der Waals surface area contributed by atoms with Gasteiger partial charge in [-0.3, -0.25) is 9.59 Å². The molecule has 5 heteroatoms. The Morgan fingerprint density at radius 3 is 2.44 bits per heavy atom. The molecule has 0 bridgehead atoms. The van der Waals surface area contributed by atoms with Crippen LogP contribution >= 0.6 is 15.9 Å². The largest absolute Gasteiger partial charge is 0.384 e. The summed E-state index contributed by atoms with van der Waals surface area (Å²) in [5.41, 5.74) is 2.69. The molecule has 4 nitrogen and oxygen atoms in total. The number of amides is 2. The number of halogens is 1. The van der Waals surface area contributed by atoms with E-state index in [0.717, 1.165) is 33.4 Å². The molecule has 5 rings (SSSR count). The Kier molecular flexibility index (Phi) is 3.79. The molecule has 1 aliphatic carbocycles. The molecule has 27 heavy (non-hydrogen) atoms. The first-order chi connectivity index (χ1) is 13.1. The van der Waals surface area contributed by atoms with Crippen molar-refractivity contribution < 1.29 is 9.59 Å². The third-order valence-electron chi connectivity index (χ3n) is 5.25. The van der Waals surface area contributed by atoms with Gasteiger partial charge in [0.05, 0.1) is 5.69 Å². The number of benzene rings is 3. The molecule has 2 aliphatic rings. The molecule has 1 N–H and O–H groups in total.